The number of non-ortho nitro benzene ring substituents is 2. The van der Waals surface area contributed by atoms with Crippen molar-refractivity contribution in [1.82, 2.24) is 0 Å². The molecule has 0 aliphatic heterocycles. The summed E-state index contributed by atoms with van der Waals surface area (Å²) < 4.78 is 1.55. The van der Waals surface area contributed by atoms with Crippen molar-refractivity contribution in [2.24, 2.45) is 0 Å². The summed E-state index contributed by atoms with van der Waals surface area (Å²) in [5.41, 5.74) is -1.90. The molecule has 174 valence electrons. The van der Waals surface area contributed by atoms with Crippen LogP contribution in [0, 0.1) is 40.5 Å². The Morgan fingerprint density at radius 3 is 1.57 bits per heavy atom. The lowest BCUT2D eigenvalue weighted by Gasteiger charge is -2.15. The zero-order valence-electron chi connectivity index (χ0n) is 17.6. The van der Waals surface area contributed by atoms with E-state index < -0.39 is 48.5 Å². The van der Waals surface area contributed by atoms with Crippen molar-refractivity contribution >= 4 is 33.7 Å². The van der Waals surface area contributed by atoms with Crippen LogP contribution in [0.2, 0.25) is 0 Å². The number of aromatic nitrogens is 1. The van der Waals surface area contributed by atoms with E-state index in [4.69, 9.17) is 0 Å². The van der Waals surface area contributed by atoms with E-state index in [1.165, 1.54) is 12.1 Å². The van der Waals surface area contributed by atoms with Gasteiger partial charge in [0.2, 0.25) is 11.6 Å². The van der Waals surface area contributed by atoms with Gasteiger partial charge in [0.15, 0.2) is 6.20 Å². The molecule has 3 aromatic carbocycles. The van der Waals surface area contributed by atoms with Gasteiger partial charge in [-0.15, -0.1) is 0 Å². The van der Waals surface area contributed by atoms with Crippen LogP contribution in [0.4, 0.5) is 22.7 Å². The monoisotopic (exact) mass is 476 g/mol. The summed E-state index contributed by atoms with van der Waals surface area (Å²) in [7, 11) is 0. The highest BCUT2D eigenvalue weighted by atomic mass is 16.6. The minimum atomic E-state index is -1.22. The molecule has 1 aromatic heterocycles. The second kappa shape index (κ2) is 8.90. The average Bonchev–Trinajstić information content (AvgIpc) is 2.84. The van der Waals surface area contributed by atoms with Gasteiger partial charge >= 0.3 is 0 Å². The Kier molecular flexibility index (Phi) is 5.81. The molecule has 0 saturated heterocycles. The van der Waals surface area contributed by atoms with E-state index in [1.54, 1.807) is 47.2 Å². The number of fused-ring (bicyclic) bond motifs is 1. The number of pyridine rings is 1. The van der Waals surface area contributed by atoms with E-state index in [0.717, 1.165) is 24.3 Å². The van der Waals surface area contributed by atoms with Gasteiger partial charge in [0, 0.05) is 29.7 Å². The maximum absolute atomic E-state index is 11.9. The summed E-state index contributed by atoms with van der Waals surface area (Å²) in [6, 6.07) is 15.2. The molecule has 0 spiro atoms. The Morgan fingerprint density at radius 2 is 1.09 bits per heavy atom. The molecule has 13 heteroatoms. The highest BCUT2D eigenvalue weighted by Crippen LogP contribution is 2.38. The highest BCUT2D eigenvalue weighted by molar-refractivity contribution is 5.75. The number of benzene rings is 3. The number of hydrogen-bond acceptors (Lipinski definition) is 8. The summed E-state index contributed by atoms with van der Waals surface area (Å²) in [4.78, 5) is 43.2. The molecular weight excluding hydrogens is 462 g/mol. The minimum absolute atomic E-state index is 0.0705. The largest absolute Gasteiger partial charge is 0.286 e. The first kappa shape index (κ1) is 22.8. The maximum Gasteiger partial charge on any atom is 0.286 e. The third-order valence-electron chi connectivity index (χ3n) is 5.45. The fourth-order valence-corrected chi connectivity index (χ4v) is 3.95. The number of nitro benzene ring substituents is 4. The molecule has 0 saturated carbocycles. The van der Waals surface area contributed by atoms with E-state index in [0.29, 0.717) is 10.9 Å². The average molecular weight is 476 g/mol. The first-order valence-electron chi connectivity index (χ1n) is 9.93. The van der Waals surface area contributed by atoms with Crippen LogP contribution in [0.5, 0.6) is 0 Å². The second-order valence-corrected chi connectivity index (χ2v) is 7.39. The molecule has 4 rings (SSSR count). The number of hydrogen-bond donors (Lipinski definition) is 0. The Bertz CT molecular complexity index is 1460. The summed E-state index contributed by atoms with van der Waals surface area (Å²) in [6.07, 6.45) is 1.56. The molecule has 1 heterocycles. The summed E-state index contributed by atoms with van der Waals surface area (Å²) in [5.74, 6) is 0. The number of para-hydroxylation sites is 1. The molecule has 0 N–H and O–H groups in total. The van der Waals surface area contributed by atoms with Crippen molar-refractivity contribution in [2.75, 3.05) is 0 Å². The van der Waals surface area contributed by atoms with Crippen molar-refractivity contribution in [3.05, 3.63) is 131 Å². The van der Waals surface area contributed by atoms with Crippen LogP contribution in [0.25, 0.3) is 10.9 Å². The van der Waals surface area contributed by atoms with Crippen LogP contribution >= 0.6 is 0 Å². The van der Waals surface area contributed by atoms with Gasteiger partial charge in [-0.2, -0.15) is 4.57 Å². The van der Waals surface area contributed by atoms with Crippen LogP contribution in [0.1, 0.15) is 17.2 Å². The van der Waals surface area contributed by atoms with E-state index in [9.17, 15) is 40.5 Å². The molecule has 0 aliphatic rings. The molecule has 35 heavy (non-hydrogen) atoms. The Hall–Kier alpha value is -5.33. The van der Waals surface area contributed by atoms with Crippen molar-refractivity contribution in [3.63, 3.8) is 0 Å². The number of nitro groups is 4. The Labute approximate surface area is 195 Å². The van der Waals surface area contributed by atoms with Gasteiger partial charge in [0.1, 0.15) is 11.1 Å². The van der Waals surface area contributed by atoms with Crippen molar-refractivity contribution in [2.45, 2.75) is 6.04 Å². The number of rotatable bonds is 7. The van der Waals surface area contributed by atoms with E-state index >= 15 is 0 Å². The summed E-state index contributed by atoms with van der Waals surface area (Å²) in [6.45, 7) is 0. The van der Waals surface area contributed by atoms with Gasteiger partial charge in [0.25, 0.3) is 22.7 Å². The fourth-order valence-electron chi connectivity index (χ4n) is 3.95. The molecule has 0 fully saturated rings. The van der Waals surface area contributed by atoms with Gasteiger partial charge in [-0.1, -0.05) is 12.1 Å². The van der Waals surface area contributed by atoms with Crippen molar-refractivity contribution in [3.8, 4) is 0 Å². The SMILES string of the molecule is O=[N+]([O-])c1ccc(C(c2ccc([N+](=O)[O-])cc2[N+](=O)[O-])[n+]2cccc3ccccc32)c([N+](=O)[O-])c1. The molecular formula is C22H14N5O8+. The third-order valence-corrected chi connectivity index (χ3v) is 5.45. The van der Waals surface area contributed by atoms with Gasteiger partial charge in [0.05, 0.1) is 31.8 Å². The molecule has 0 radical (unpaired) electrons. The molecule has 13 nitrogen and oxygen atoms in total. The fraction of sp³-hybridized carbons (Fsp3) is 0.0455. The lowest BCUT2D eigenvalue weighted by molar-refractivity contribution is -0.680. The Morgan fingerprint density at radius 1 is 0.600 bits per heavy atom. The standard InChI is InChI=1S/C22H14N5O8/c28-24(29)15-7-9-17(20(12-15)26(32)33)22(23-11-3-5-14-4-1-2-6-19(14)23)18-10-8-16(25(30)31)13-21(18)27(34)35/h1-13,22H/q+1. The Balaban J connectivity index is 2.12. The van der Waals surface area contributed by atoms with Crippen LogP contribution in [-0.2, 0) is 0 Å². The summed E-state index contributed by atoms with van der Waals surface area (Å²) >= 11 is 0. The van der Waals surface area contributed by atoms with Crippen LogP contribution in [-0.4, -0.2) is 19.7 Å². The third kappa shape index (κ3) is 4.20. The van der Waals surface area contributed by atoms with Crippen molar-refractivity contribution < 1.29 is 24.3 Å². The molecule has 4 aromatic rings. The zero-order valence-corrected chi connectivity index (χ0v) is 17.6. The van der Waals surface area contributed by atoms with Crippen LogP contribution in [0.15, 0.2) is 79.0 Å². The van der Waals surface area contributed by atoms with Crippen molar-refractivity contribution in [1.29, 1.82) is 0 Å². The quantitative estimate of drug-likeness (QED) is 0.214. The van der Waals surface area contributed by atoms with Gasteiger partial charge in [-0.25, -0.2) is 0 Å². The predicted molar refractivity (Wildman–Crippen MR) is 121 cm³/mol. The molecule has 0 amide bonds. The first-order chi connectivity index (χ1) is 16.7. The van der Waals surface area contributed by atoms with E-state index in [2.05, 4.69) is 0 Å². The first-order valence-corrected chi connectivity index (χ1v) is 9.93. The minimum Gasteiger partial charge on any atom is -0.258 e. The predicted octanol–water partition coefficient (Wildman–Crippen LogP) is 4.40. The lowest BCUT2D eigenvalue weighted by Crippen LogP contribution is -2.41. The van der Waals surface area contributed by atoms with Gasteiger partial charge in [-0.05, 0) is 24.3 Å². The van der Waals surface area contributed by atoms with E-state index in [1.807, 2.05) is 0 Å². The lowest BCUT2D eigenvalue weighted by atomic mass is 9.94. The van der Waals surface area contributed by atoms with Crippen LogP contribution < -0.4 is 4.57 Å². The maximum atomic E-state index is 11.9. The normalized spacial score (nSPS) is 10.9. The highest BCUT2D eigenvalue weighted by Gasteiger charge is 2.38. The van der Waals surface area contributed by atoms with Gasteiger partial charge < -0.3 is 0 Å². The molecule has 0 atom stereocenters. The smallest absolute Gasteiger partial charge is 0.258 e. The molecule has 0 unspecified atom stereocenters. The van der Waals surface area contributed by atoms with E-state index in [-0.39, 0.29) is 11.1 Å². The second-order valence-electron chi connectivity index (χ2n) is 7.39. The van der Waals surface area contributed by atoms with Crippen LogP contribution in [0.3, 0.4) is 0 Å². The zero-order chi connectivity index (χ0) is 25.3. The summed E-state index contributed by atoms with van der Waals surface area (Å²) in [5, 5.41) is 47.1. The number of nitrogens with zero attached hydrogens (tertiary/aromatic N) is 5. The van der Waals surface area contributed by atoms with Gasteiger partial charge in [-0.3, -0.25) is 40.5 Å². The molecule has 0 bridgehead atoms. The molecule has 0 aliphatic carbocycles. The topological polar surface area (TPSA) is 176 Å².